The number of nitrogens with zero attached hydrogens (tertiary/aromatic N) is 1. The van der Waals surface area contributed by atoms with E-state index in [0.29, 0.717) is 18.2 Å². The van der Waals surface area contributed by atoms with Crippen molar-refractivity contribution in [1.82, 2.24) is 4.90 Å². The Morgan fingerprint density at radius 3 is 2.58 bits per heavy atom. The Hall–Kier alpha value is -0.180. The van der Waals surface area contributed by atoms with E-state index < -0.39 is 0 Å². The van der Waals surface area contributed by atoms with Gasteiger partial charge in [-0.25, -0.2) is 0 Å². The lowest BCUT2D eigenvalue weighted by molar-refractivity contribution is -0.131. The van der Waals surface area contributed by atoms with E-state index in [1.807, 2.05) is 11.9 Å². The second kappa shape index (κ2) is 4.75. The van der Waals surface area contributed by atoms with Gasteiger partial charge < -0.3 is 4.90 Å². The number of amides is 1. The number of thiol groups is 1. The molecule has 0 aromatic carbocycles. The van der Waals surface area contributed by atoms with Crippen LogP contribution < -0.4 is 0 Å². The van der Waals surface area contributed by atoms with Gasteiger partial charge in [0.25, 0.3) is 0 Å². The molecule has 1 amide bonds. The van der Waals surface area contributed by atoms with Gasteiger partial charge in [-0.2, -0.15) is 12.6 Å². The molecule has 0 aromatic heterocycles. The van der Waals surface area contributed by atoms with Crippen LogP contribution in [0.1, 0.15) is 32.1 Å². The lowest BCUT2D eigenvalue weighted by Gasteiger charge is -2.23. The molecular formula is C9H17NOS. The summed E-state index contributed by atoms with van der Waals surface area (Å²) in [6.45, 7) is 0. The molecule has 1 rings (SSSR count). The van der Waals surface area contributed by atoms with Crippen molar-refractivity contribution in [3.05, 3.63) is 0 Å². The van der Waals surface area contributed by atoms with E-state index in [9.17, 15) is 4.79 Å². The fourth-order valence-electron chi connectivity index (χ4n) is 1.77. The SMILES string of the molecule is CN(C(=O)CCS)C1CCCC1. The third kappa shape index (κ3) is 2.41. The predicted molar refractivity (Wildman–Crippen MR) is 53.5 cm³/mol. The molecule has 3 heteroatoms. The normalized spacial score (nSPS) is 18.2. The van der Waals surface area contributed by atoms with Gasteiger partial charge in [-0.3, -0.25) is 4.79 Å². The maximum atomic E-state index is 11.4. The summed E-state index contributed by atoms with van der Waals surface area (Å²) in [4.78, 5) is 13.3. The van der Waals surface area contributed by atoms with Crippen LogP contribution in [-0.4, -0.2) is 29.6 Å². The number of rotatable bonds is 3. The lowest BCUT2D eigenvalue weighted by atomic mass is 10.2. The van der Waals surface area contributed by atoms with Gasteiger partial charge in [0.15, 0.2) is 0 Å². The molecule has 0 saturated heterocycles. The van der Waals surface area contributed by atoms with Crippen LogP contribution in [0.3, 0.4) is 0 Å². The Kier molecular flexibility index (Phi) is 3.92. The molecule has 0 bridgehead atoms. The Bertz CT molecular complexity index is 155. The van der Waals surface area contributed by atoms with E-state index in [2.05, 4.69) is 12.6 Å². The minimum Gasteiger partial charge on any atom is -0.343 e. The molecule has 1 fully saturated rings. The number of hydrogen-bond donors (Lipinski definition) is 1. The Morgan fingerprint density at radius 2 is 2.08 bits per heavy atom. The predicted octanol–water partition coefficient (Wildman–Crippen LogP) is 1.71. The average Bonchev–Trinajstić information content (AvgIpc) is 2.55. The van der Waals surface area contributed by atoms with Crippen LogP contribution in [0.15, 0.2) is 0 Å². The van der Waals surface area contributed by atoms with Crippen LogP contribution in [-0.2, 0) is 4.79 Å². The highest BCUT2D eigenvalue weighted by Gasteiger charge is 2.22. The second-order valence-electron chi connectivity index (χ2n) is 3.42. The number of hydrogen-bond acceptors (Lipinski definition) is 2. The van der Waals surface area contributed by atoms with Gasteiger partial charge in [0, 0.05) is 19.5 Å². The fourth-order valence-corrected chi connectivity index (χ4v) is 1.96. The molecule has 0 heterocycles. The monoisotopic (exact) mass is 187 g/mol. The molecule has 0 aliphatic heterocycles. The van der Waals surface area contributed by atoms with Crippen molar-refractivity contribution in [1.29, 1.82) is 0 Å². The van der Waals surface area contributed by atoms with Crippen LogP contribution in [0, 0.1) is 0 Å². The van der Waals surface area contributed by atoms with Gasteiger partial charge >= 0.3 is 0 Å². The molecule has 0 unspecified atom stereocenters. The molecule has 0 aromatic rings. The van der Waals surface area contributed by atoms with Gasteiger partial charge in [-0.15, -0.1) is 0 Å². The zero-order valence-corrected chi connectivity index (χ0v) is 8.52. The third-order valence-corrected chi connectivity index (χ3v) is 2.82. The maximum absolute atomic E-state index is 11.4. The smallest absolute Gasteiger partial charge is 0.223 e. The van der Waals surface area contributed by atoms with Crippen molar-refractivity contribution in [3.63, 3.8) is 0 Å². The summed E-state index contributed by atoms with van der Waals surface area (Å²) in [7, 11) is 1.92. The highest BCUT2D eigenvalue weighted by atomic mass is 32.1. The van der Waals surface area contributed by atoms with Crippen molar-refractivity contribution in [2.75, 3.05) is 12.8 Å². The summed E-state index contributed by atoms with van der Waals surface area (Å²) in [6, 6.07) is 0.511. The van der Waals surface area contributed by atoms with Crippen LogP contribution in [0.5, 0.6) is 0 Å². The first-order chi connectivity index (χ1) is 5.75. The van der Waals surface area contributed by atoms with Crippen molar-refractivity contribution in [2.45, 2.75) is 38.1 Å². The van der Waals surface area contributed by atoms with Crippen molar-refractivity contribution in [3.8, 4) is 0 Å². The molecule has 70 valence electrons. The number of carbonyl (C=O) groups excluding carboxylic acids is 1. The standard InChI is InChI=1S/C9H17NOS/c1-10(9(11)6-7-12)8-4-2-3-5-8/h8,12H,2-7H2,1H3. The van der Waals surface area contributed by atoms with Gasteiger partial charge in [0.2, 0.25) is 5.91 Å². The molecule has 1 saturated carbocycles. The number of carbonyl (C=O) groups is 1. The van der Waals surface area contributed by atoms with Crippen LogP contribution >= 0.6 is 12.6 Å². The molecule has 0 spiro atoms. The zero-order chi connectivity index (χ0) is 8.97. The highest BCUT2D eigenvalue weighted by Crippen LogP contribution is 2.22. The van der Waals surface area contributed by atoms with E-state index >= 15 is 0 Å². The summed E-state index contributed by atoms with van der Waals surface area (Å²) in [5, 5.41) is 0. The molecular weight excluding hydrogens is 170 g/mol. The van der Waals surface area contributed by atoms with Crippen LogP contribution in [0.25, 0.3) is 0 Å². The van der Waals surface area contributed by atoms with Gasteiger partial charge in [-0.1, -0.05) is 12.8 Å². The third-order valence-electron chi connectivity index (χ3n) is 2.59. The van der Waals surface area contributed by atoms with E-state index in [0.717, 1.165) is 0 Å². The van der Waals surface area contributed by atoms with Gasteiger partial charge in [0.1, 0.15) is 0 Å². The first-order valence-corrected chi connectivity index (χ1v) is 5.25. The summed E-state index contributed by atoms with van der Waals surface area (Å²) < 4.78 is 0. The summed E-state index contributed by atoms with van der Waals surface area (Å²) >= 11 is 4.05. The average molecular weight is 187 g/mol. The molecule has 2 nitrogen and oxygen atoms in total. The maximum Gasteiger partial charge on any atom is 0.223 e. The summed E-state index contributed by atoms with van der Waals surface area (Å²) in [5.41, 5.74) is 0. The molecule has 1 aliphatic carbocycles. The quantitative estimate of drug-likeness (QED) is 0.667. The van der Waals surface area contributed by atoms with Gasteiger partial charge in [-0.05, 0) is 18.6 Å². The van der Waals surface area contributed by atoms with Crippen molar-refractivity contribution in [2.24, 2.45) is 0 Å². The molecule has 0 N–H and O–H groups in total. The Morgan fingerprint density at radius 1 is 1.50 bits per heavy atom. The summed E-state index contributed by atoms with van der Waals surface area (Å²) in [6.07, 6.45) is 5.52. The van der Waals surface area contributed by atoms with E-state index in [1.54, 1.807) is 0 Å². The van der Waals surface area contributed by atoms with Crippen LogP contribution in [0.2, 0.25) is 0 Å². The molecule has 0 atom stereocenters. The fraction of sp³-hybridized carbons (Fsp3) is 0.889. The highest BCUT2D eigenvalue weighted by molar-refractivity contribution is 7.80. The first-order valence-electron chi connectivity index (χ1n) is 4.62. The van der Waals surface area contributed by atoms with Crippen molar-refractivity contribution < 1.29 is 4.79 Å². The zero-order valence-electron chi connectivity index (χ0n) is 7.62. The Balaban J connectivity index is 2.34. The Labute approximate surface area is 79.7 Å². The topological polar surface area (TPSA) is 20.3 Å². The van der Waals surface area contributed by atoms with Gasteiger partial charge in [0.05, 0.1) is 0 Å². The van der Waals surface area contributed by atoms with Crippen LogP contribution in [0.4, 0.5) is 0 Å². The molecule has 1 aliphatic rings. The van der Waals surface area contributed by atoms with Crippen molar-refractivity contribution >= 4 is 18.5 Å². The van der Waals surface area contributed by atoms with E-state index in [1.165, 1.54) is 25.7 Å². The lowest BCUT2D eigenvalue weighted by Crippen LogP contribution is -2.35. The molecule has 12 heavy (non-hydrogen) atoms. The summed E-state index contributed by atoms with van der Waals surface area (Å²) in [5.74, 6) is 0.910. The second-order valence-corrected chi connectivity index (χ2v) is 3.86. The largest absolute Gasteiger partial charge is 0.343 e. The first kappa shape index (κ1) is 9.90. The minimum atomic E-state index is 0.247. The van der Waals surface area contributed by atoms with E-state index in [-0.39, 0.29) is 5.91 Å². The molecule has 0 radical (unpaired) electrons. The minimum absolute atomic E-state index is 0.247. The van der Waals surface area contributed by atoms with E-state index in [4.69, 9.17) is 0 Å².